The smallest absolute Gasteiger partial charge is 0.0218 e. The first kappa shape index (κ1) is 6.66. The van der Waals surface area contributed by atoms with E-state index in [1.807, 2.05) is 0 Å². The highest BCUT2D eigenvalue weighted by Crippen LogP contribution is 2.41. The fourth-order valence-corrected chi connectivity index (χ4v) is 2.49. The molecule has 1 spiro atoms. The third kappa shape index (κ3) is 0.800. The second kappa shape index (κ2) is 2.23. The molecule has 0 aromatic rings. The Labute approximate surface area is 63.4 Å². The minimum atomic E-state index is 0.693. The Hall–Kier alpha value is -0.0400. The van der Waals surface area contributed by atoms with Crippen LogP contribution in [-0.2, 0) is 0 Å². The monoisotopic (exact) mass is 139 g/mol. The van der Waals surface area contributed by atoms with Crippen LogP contribution in [0.4, 0.5) is 0 Å². The summed E-state index contributed by atoms with van der Waals surface area (Å²) in [5.41, 5.74) is 0.693. The highest BCUT2D eigenvalue weighted by atomic mass is 15.2. The molecule has 0 unspecified atom stereocenters. The first-order valence-electron chi connectivity index (χ1n) is 4.55. The van der Waals surface area contributed by atoms with E-state index in [1.165, 1.54) is 45.1 Å². The Kier molecular flexibility index (Phi) is 1.48. The molecule has 2 aliphatic rings. The van der Waals surface area contributed by atoms with Gasteiger partial charge in [-0.25, -0.2) is 0 Å². The second-order valence-electron chi connectivity index (χ2n) is 3.96. The molecule has 2 rings (SSSR count). The van der Waals surface area contributed by atoms with Crippen LogP contribution >= 0.6 is 0 Å². The van der Waals surface area contributed by atoms with Crippen LogP contribution in [0.2, 0.25) is 0 Å². The summed E-state index contributed by atoms with van der Waals surface area (Å²) >= 11 is 0. The quantitative estimate of drug-likeness (QED) is 0.496. The summed E-state index contributed by atoms with van der Waals surface area (Å²) in [7, 11) is 2.29. The van der Waals surface area contributed by atoms with Crippen LogP contribution in [0.3, 0.4) is 0 Å². The van der Waals surface area contributed by atoms with Crippen LogP contribution in [0.15, 0.2) is 0 Å². The van der Waals surface area contributed by atoms with E-state index < -0.39 is 0 Å². The molecule has 0 amide bonds. The zero-order valence-corrected chi connectivity index (χ0v) is 6.90. The van der Waals surface area contributed by atoms with Crippen molar-refractivity contribution < 1.29 is 0 Å². The second-order valence-corrected chi connectivity index (χ2v) is 3.96. The molecular weight excluding hydrogens is 122 g/mol. The lowest BCUT2D eigenvalue weighted by atomic mass is 9.73. The molecule has 2 fully saturated rings. The minimum Gasteiger partial charge on any atom is -0.301 e. The van der Waals surface area contributed by atoms with Gasteiger partial charge in [-0.05, 0) is 26.3 Å². The highest BCUT2D eigenvalue weighted by Gasteiger charge is 2.42. The van der Waals surface area contributed by atoms with Crippen molar-refractivity contribution >= 4 is 0 Å². The summed E-state index contributed by atoms with van der Waals surface area (Å²) in [4.78, 5) is 2.56. The normalized spacial score (nSPS) is 32.1. The van der Waals surface area contributed by atoms with Crippen LogP contribution in [0.1, 0.15) is 38.5 Å². The van der Waals surface area contributed by atoms with E-state index in [-0.39, 0.29) is 0 Å². The molecule has 1 saturated carbocycles. The lowest BCUT2D eigenvalue weighted by Crippen LogP contribution is -2.58. The maximum atomic E-state index is 2.56. The lowest BCUT2D eigenvalue weighted by Gasteiger charge is -2.53. The zero-order chi connectivity index (χ0) is 7.03. The van der Waals surface area contributed by atoms with Crippen LogP contribution < -0.4 is 0 Å². The number of likely N-dealkylation sites (tertiary alicyclic amines) is 1. The third-order valence-electron chi connectivity index (χ3n) is 3.51. The largest absolute Gasteiger partial charge is 0.301 e. The van der Waals surface area contributed by atoms with E-state index in [1.54, 1.807) is 0 Å². The molecule has 1 aliphatic heterocycles. The van der Waals surface area contributed by atoms with E-state index >= 15 is 0 Å². The first-order chi connectivity index (χ1) is 4.83. The van der Waals surface area contributed by atoms with Gasteiger partial charge < -0.3 is 4.90 Å². The molecule has 0 radical (unpaired) electrons. The predicted molar refractivity (Wildman–Crippen MR) is 43.1 cm³/mol. The van der Waals surface area contributed by atoms with Gasteiger partial charge >= 0.3 is 0 Å². The molecule has 0 N–H and O–H groups in total. The topological polar surface area (TPSA) is 3.24 Å². The van der Waals surface area contributed by atoms with Crippen molar-refractivity contribution in [3.63, 3.8) is 0 Å². The van der Waals surface area contributed by atoms with Crippen molar-refractivity contribution in [1.82, 2.24) is 4.90 Å². The maximum absolute atomic E-state index is 2.56. The third-order valence-corrected chi connectivity index (χ3v) is 3.51. The number of rotatable bonds is 0. The molecule has 0 bridgehead atoms. The van der Waals surface area contributed by atoms with E-state index in [0.717, 1.165) is 0 Å². The summed E-state index contributed by atoms with van der Waals surface area (Å²) in [6.45, 7) is 1.35. The Morgan fingerprint density at radius 2 is 1.70 bits per heavy atom. The van der Waals surface area contributed by atoms with Gasteiger partial charge in [-0.15, -0.1) is 0 Å². The molecule has 0 atom stereocenters. The molecule has 1 saturated heterocycles. The van der Waals surface area contributed by atoms with Crippen LogP contribution in [0, 0.1) is 0 Å². The Morgan fingerprint density at radius 3 is 2.00 bits per heavy atom. The van der Waals surface area contributed by atoms with Gasteiger partial charge in [-0.1, -0.05) is 19.3 Å². The summed E-state index contributed by atoms with van der Waals surface area (Å²) in [5.74, 6) is 0. The first-order valence-corrected chi connectivity index (χ1v) is 4.55. The van der Waals surface area contributed by atoms with Gasteiger partial charge in [-0.2, -0.15) is 0 Å². The fraction of sp³-hybridized carbons (Fsp3) is 1.00. The van der Waals surface area contributed by atoms with Crippen LogP contribution in [0.5, 0.6) is 0 Å². The lowest BCUT2D eigenvalue weighted by molar-refractivity contribution is -0.0193. The fourth-order valence-electron chi connectivity index (χ4n) is 2.49. The maximum Gasteiger partial charge on any atom is 0.0218 e. The molecule has 1 nitrogen and oxygen atoms in total. The molecule has 1 heteroatoms. The minimum absolute atomic E-state index is 0.693. The van der Waals surface area contributed by atoms with Crippen molar-refractivity contribution in [2.45, 2.75) is 44.1 Å². The molecule has 0 aromatic heterocycles. The Bertz CT molecular complexity index is 125. The summed E-state index contributed by atoms with van der Waals surface area (Å²) in [6, 6.07) is 0. The van der Waals surface area contributed by atoms with Gasteiger partial charge in [-0.3, -0.25) is 0 Å². The molecule has 0 aromatic carbocycles. The van der Waals surface area contributed by atoms with Gasteiger partial charge in [0, 0.05) is 12.1 Å². The van der Waals surface area contributed by atoms with Gasteiger partial charge in [0.15, 0.2) is 0 Å². The molecule has 58 valence electrons. The number of nitrogens with zero attached hydrogens (tertiary/aromatic N) is 1. The van der Waals surface area contributed by atoms with E-state index in [2.05, 4.69) is 11.9 Å². The van der Waals surface area contributed by atoms with Crippen molar-refractivity contribution in [2.75, 3.05) is 13.6 Å². The number of hydrogen-bond acceptors (Lipinski definition) is 1. The SMILES string of the molecule is CN1CCC12CCCCC2. The van der Waals surface area contributed by atoms with E-state index in [4.69, 9.17) is 0 Å². The van der Waals surface area contributed by atoms with Crippen molar-refractivity contribution in [3.8, 4) is 0 Å². The van der Waals surface area contributed by atoms with E-state index in [9.17, 15) is 0 Å². The van der Waals surface area contributed by atoms with E-state index in [0.29, 0.717) is 5.54 Å². The zero-order valence-electron chi connectivity index (χ0n) is 6.90. The van der Waals surface area contributed by atoms with Gasteiger partial charge in [0.25, 0.3) is 0 Å². The molecule has 1 aliphatic carbocycles. The Balaban J connectivity index is 1.99. The molecule has 1 heterocycles. The van der Waals surface area contributed by atoms with Crippen molar-refractivity contribution in [2.24, 2.45) is 0 Å². The van der Waals surface area contributed by atoms with Crippen LogP contribution in [-0.4, -0.2) is 24.0 Å². The predicted octanol–water partition coefficient (Wildman–Crippen LogP) is 2.02. The van der Waals surface area contributed by atoms with Gasteiger partial charge in [0.05, 0.1) is 0 Å². The average molecular weight is 139 g/mol. The van der Waals surface area contributed by atoms with Crippen molar-refractivity contribution in [3.05, 3.63) is 0 Å². The average Bonchev–Trinajstić information content (AvgIpc) is 2.04. The Morgan fingerprint density at radius 1 is 1.00 bits per heavy atom. The summed E-state index contributed by atoms with van der Waals surface area (Å²) < 4.78 is 0. The van der Waals surface area contributed by atoms with Gasteiger partial charge in [0.2, 0.25) is 0 Å². The van der Waals surface area contributed by atoms with Crippen molar-refractivity contribution in [1.29, 1.82) is 0 Å². The highest BCUT2D eigenvalue weighted by molar-refractivity contribution is 4.99. The summed E-state index contributed by atoms with van der Waals surface area (Å²) in [6.07, 6.45) is 8.86. The molecular formula is C9H17N. The van der Waals surface area contributed by atoms with Crippen LogP contribution in [0.25, 0.3) is 0 Å². The summed E-state index contributed by atoms with van der Waals surface area (Å²) in [5, 5.41) is 0. The molecule has 10 heavy (non-hydrogen) atoms. The van der Waals surface area contributed by atoms with Gasteiger partial charge in [0.1, 0.15) is 0 Å². The number of hydrogen-bond donors (Lipinski definition) is 0. The standard InChI is InChI=1S/C9H17N/c1-10-8-7-9(10)5-3-2-4-6-9/h2-8H2,1H3.